The second-order valence-corrected chi connectivity index (χ2v) is 5.55. The minimum atomic E-state index is -0.848. The van der Waals surface area contributed by atoms with Crippen LogP contribution in [0.5, 0.6) is 0 Å². The van der Waals surface area contributed by atoms with Crippen LogP contribution in [-0.2, 0) is 0 Å². The number of nitrogens with two attached hydrogens (primary N) is 1. The fraction of sp³-hybridized carbons (Fsp3) is 0.500. The van der Waals surface area contributed by atoms with E-state index in [1.165, 1.54) is 0 Å². The fourth-order valence-corrected chi connectivity index (χ4v) is 2.79. The second-order valence-electron chi connectivity index (χ2n) is 5.55. The maximum atomic E-state index is 13.8. The molecule has 2 unspecified atom stereocenters. The highest BCUT2D eigenvalue weighted by Gasteiger charge is 2.26. The Balaban J connectivity index is 2.22. The SMILES string of the molecule is CC1CCCC(NC(=O)c2c(F)ccc([N+](=O)[O-])c2N)C1. The lowest BCUT2D eigenvalue weighted by Crippen LogP contribution is -2.38. The maximum absolute atomic E-state index is 13.8. The number of amides is 1. The number of nitro benzene ring substituents is 1. The van der Waals surface area contributed by atoms with E-state index in [1.807, 2.05) is 0 Å². The predicted octanol–water partition coefficient (Wildman–Crippen LogP) is 2.62. The van der Waals surface area contributed by atoms with Crippen molar-refractivity contribution in [1.29, 1.82) is 0 Å². The van der Waals surface area contributed by atoms with E-state index in [0.29, 0.717) is 5.92 Å². The first-order chi connectivity index (χ1) is 9.90. The largest absolute Gasteiger partial charge is 0.392 e. The molecule has 7 heteroatoms. The normalized spacial score (nSPS) is 21.8. The molecule has 0 heterocycles. The highest BCUT2D eigenvalue weighted by atomic mass is 19.1. The molecule has 1 aliphatic rings. The van der Waals surface area contributed by atoms with Gasteiger partial charge in [0.05, 0.1) is 4.92 Å². The van der Waals surface area contributed by atoms with Crippen LogP contribution in [0.1, 0.15) is 43.0 Å². The summed E-state index contributed by atoms with van der Waals surface area (Å²) < 4.78 is 13.8. The van der Waals surface area contributed by atoms with E-state index < -0.39 is 33.6 Å². The van der Waals surface area contributed by atoms with Gasteiger partial charge in [-0.1, -0.05) is 19.8 Å². The number of carbonyl (C=O) groups is 1. The van der Waals surface area contributed by atoms with Gasteiger partial charge in [0, 0.05) is 12.1 Å². The standard InChI is InChI=1S/C14H18FN3O3/c1-8-3-2-4-9(7-8)17-14(19)12-10(15)5-6-11(13(12)16)18(20)21/h5-6,8-9H,2-4,7,16H2,1H3,(H,17,19). The first-order valence-electron chi connectivity index (χ1n) is 6.93. The number of hydrogen-bond acceptors (Lipinski definition) is 4. The third-order valence-corrected chi connectivity index (χ3v) is 3.87. The summed E-state index contributed by atoms with van der Waals surface area (Å²) in [7, 11) is 0. The molecule has 0 spiro atoms. The number of carbonyl (C=O) groups excluding carboxylic acids is 1. The van der Waals surface area contributed by atoms with Crippen LogP contribution in [0.3, 0.4) is 0 Å². The number of nitrogens with zero attached hydrogens (tertiary/aromatic N) is 1. The van der Waals surface area contributed by atoms with E-state index in [2.05, 4.69) is 12.2 Å². The summed E-state index contributed by atoms with van der Waals surface area (Å²) in [5.41, 5.74) is 4.24. The Bertz CT molecular complexity index is 577. The number of nitro groups is 1. The molecular weight excluding hydrogens is 277 g/mol. The van der Waals surface area contributed by atoms with E-state index in [1.54, 1.807) is 0 Å². The molecule has 0 aliphatic heterocycles. The predicted molar refractivity (Wildman–Crippen MR) is 76.4 cm³/mol. The molecule has 3 N–H and O–H groups in total. The van der Waals surface area contributed by atoms with Crippen LogP contribution in [0.15, 0.2) is 12.1 Å². The number of anilines is 1. The topological polar surface area (TPSA) is 98.3 Å². The smallest absolute Gasteiger partial charge is 0.293 e. The zero-order valence-corrected chi connectivity index (χ0v) is 11.8. The number of nitrogen functional groups attached to an aromatic ring is 1. The van der Waals surface area contributed by atoms with Crippen molar-refractivity contribution >= 4 is 17.3 Å². The van der Waals surface area contributed by atoms with Crippen LogP contribution in [0.2, 0.25) is 0 Å². The number of hydrogen-bond donors (Lipinski definition) is 2. The van der Waals surface area contributed by atoms with Gasteiger partial charge in [0.2, 0.25) is 0 Å². The minimum Gasteiger partial charge on any atom is -0.392 e. The van der Waals surface area contributed by atoms with Crippen LogP contribution in [0, 0.1) is 21.8 Å². The molecule has 0 saturated heterocycles. The molecule has 1 saturated carbocycles. The van der Waals surface area contributed by atoms with E-state index in [-0.39, 0.29) is 6.04 Å². The van der Waals surface area contributed by atoms with Gasteiger partial charge in [0.1, 0.15) is 17.1 Å². The molecule has 1 aliphatic carbocycles. The first-order valence-corrected chi connectivity index (χ1v) is 6.93. The number of benzene rings is 1. The molecule has 1 aromatic carbocycles. The van der Waals surface area contributed by atoms with E-state index in [9.17, 15) is 19.3 Å². The Hall–Kier alpha value is -2.18. The van der Waals surface area contributed by atoms with Gasteiger partial charge >= 0.3 is 0 Å². The van der Waals surface area contributed by atoms with Gasteiger partial charge in [-0.3, -0.25) is 14.9 Å². The summed E-state index contributed by atoms with van der Waals surface area (Å²) in [5, 5.41) is 13.5. The second kappa shape index (κ2) is 6.07. The average molecular weight is 295 g/mol. The Labute approximate surface area is 121 Å². The van der Waals surface area contributed by atoms with Crippen molar-refractivity contribution < 1.29 is 14.1 Å². The number of halogens is 1. The number of nitrogens with one attached hydrogen (secondary N) is 1. The lowest BCUT2D eigenvalue weighted by atomic mass is 9.87. The first kappa shape index (κ1) is 15.2. The Morgan fingerprint density at radius 2 is 2.19 bits per heavy atom. The van der Waals surface area contributed by atoms with Crippen LogP contribution in [-0.4, -0.2) is 16.9 Å². The van der Waals surface area contributed by atoms with Crippen LogP contribution < -0.4 is 11.1 Å². The van der Waals surface area contributed by atoms with Gasteiger partial charge in [0.25, 0.3) is 11.6 Å². The van der Waals surface area contributed by atoms with Crippen molar-refractivity contribution in [3.8, 4) is 0 Å². The quantitative estimate of drug-likeness (QED) is 0.508. The lowest BCUT2D eigenvalue weighted by molar-refractivity contribution is -0.384. The summed E-state index contributed by atoms with van der Waals surface area (Å²) in [6, 6.07) is 1.82. The van der Waals surface area contributed by atoms with Crippen molar-refractivity contribution in [3.05, 3.63) is 33.6 Å². The summed E-state index contributed by atoms with van der Waals surface area (Å²) >= 11 is 0. The fourth-order valence-electron chi connectivity index (χ4n) is 2.79. The lowest BCUT2D eigenvalue weighted by Gasteiger charge is -2.27. The molecule has 0 radical (unpaired) electrons. The average Bonchev–Trinajstić information content (AvgIpc) is 2.38. The Morgan fingerprint density at radius 1 is 1.48 bits per heavy atom. The molecule has 1 aromatic rings. The molecule has 0 aromatic heterocycles. The van der Waals surface area contributed by atoms with Crippen molar-refractivity contribution in [2.24, 2.45) is 5.92 Å². The van der Waals surface area contributed by atoms with Crippen LogP contribution in [0.4, 0.5) is 15.8 Å². The molecule has 1 fully saturated rings. The third-order valence-electron chi connectivity index (χ3n) is 3.87. The Kier molecular flexibility index (Phi) is 4.40. The summed E-state index contributed by atoms with van der Waals surface area (Å²) in [6.07, 6.45) is 3.76. The molecule has 1 amide bonds. The van der Waals surface area contributed by atoms with E-state index in [4.69, 9.17) is 5.73 Å². The highest BCUT2D eigenvalue weighted by molar-refractivity contribution is 6.01. The molecule has 6 nitrogen and oxygen atoms in total. The van der Waals surface area contributed by atoms with Crippen LogP contribution >= 0.6 is 0 Å². The van der Waals surface area contributed by atoms with Gasteiger partial charge in [-0.05, 0) is 24.8 Å². The van der Waals surface area contributed by atoms with Gasteiger partial charge in [-0.25, -0.2) is 4.39 Å². The summed E-state index contributed by atoms with van der Waals surface area (Å²) in [5.74, 6) is -1.04. The third kappa shape index (κ3) is 3.29. The molecular formula is C14H18FN3O3. The summed E-state index contributed by atoms with van der Waals surface area (Å²) in [4.78, 5) is 22.3. The van der Waals surface area contributed by atoms with E-state index in [0.717, 1.165) is 37.8 Å². The minimum absolute atomic E-state index is 0.0423. The molecule has 0 bridgehead atoms. The van der Waals surface area contributed by atoms with Crippen molar-refractivity contribution in [1.82, 2.24) is 5.32 Å². The zero-order chi connectivity index (χ0) is 15.6. The zero-order valence-electron chi connectivity index (χ0n) is 11.8. The highest BCUT2D eigenvalue weighted by Crippen LogP contribution is 2.28. The van der Waals surface area contributed by atoms with Gasteiger partial charge in [-0.2, -0.15) is 0 Å². The van der Waals surface area contributed by atoms with Crippen molar-refractivity contribution in [2.45, 2.75) is 38.6 Å². The molecule has 114 valence electrons. The Morgan fingerprint density at radius 3 is 2.81 bits per heavy atom. The van der Waals surface area contributed by atoms with Gasteiger partial charge in [-0.15, -0.1) is 0 Å². The van der Waals surface area contributed by atoms with Crippen molar-refractivity contribution in [2.75, 3.05) is 5.73 Å². The molecule has 2 atom stereocenters. The molecule has 2 rings (SSSR count). The van der Waals surface area contributed by atoms with E-state index >= 15 is 0 Å². The van der Waals surface area contributed by atoms with Crippen molar-refractivity contribution in [3.63, 3.8) is 0 Å². The monoisotopic (exact) mass is 295 g/mol. The maximum Gasteiger partial charge on any atom is 0.293 e. The summed E-state index contributed by atoms with van der Waals surface area (Å²) in [6.45, 7) is 2.10. The number of rotatable bonds is 3. The van der Waals surface area contributed by atoms with Crippen LogP contribution in [0.25, 0.3) is 0 Å². The molecule has 21 heavy (non-hydrogen) atoms. The van der Waals surface area contributed by atoms with Gasteiger partial charge in [0.15, 0.2) is 0 Å². The van der Waals surface area contributed by atoms with Gasteiger partial charge < -0.3 is 11.1 Å².